The maximum atomic E-state index is 12.8. The van der Waals surface area contributed by atoms with Crippen molar-refractivity contribution in [3.63, 3.8) is 0 Å². The van der Waals surface area contributed by atoms with Gasteiger partial charge in [-0.3, -0.25) is 4.79 Å². The zero-order valence-electron chi connectivity index (χ0n) is 16.4. The molecule has 0 aliphatic carbocycles. The highest BCUT2D eigenvalue weighted by Crippen LogP contribution is 2.28. The number of benzene rings is 3. The predicted molar refractivity (Wildman–Crippen MR) is 119 cm³/mol. The van der Waals surface area contributed by atoms with Gasteiger partial charge in [-0.15, -0.1) is 10.2 Å². The number of aromatic nitrogens is 3. The molecule has 29 heavy (non-hydrogen) atoms. The highest BCUT2D eigenvalue weighted by Gasteiger charge is 2.20. The van der Waals surface area contributed by atoms with Gasteiger partial charge in [0.05, 0.1) is 5.25 Å². The molecule has 146 valence electrons. The molecule has 1 amide bonds. The number of thioether (sulfide) groups is 1. The van der Waals surface area contributed by atoms with Crippen LogP contribution in [0.25, 0.3) is 22.2 Å². The van der Waals surface area contributed by atoms with Crippen LogP contribution in [0.2, 0.25) is 0 Å². The molecule has 0 spiro atoms. The molecule has 1 aromatic heterocycles. The third kappa shape index (κ3) is 4.03. The topological polar surface area (TPSA) is 59.8 Å². The van der Waals surface area contributed by atoms with Crippen molar-refractivity contribution in [2.75, 3.05) is 5.32 Å². The molecule has 0 aliphatic heterocycles. The van der Waals surface area contributed by atoms with Crippen LogP contribution in [0.5, 0.6) is 0 Å². The number of anilines is 1. The van der Waals surface area contributed by atoms with Crippen molar-refractivity contribution >= 4 is 34.1 Å². The fourth-order valence-electron chi connectivity index (χ4n) is 3.24. The SMILES string of the molecule is CCn1c(SC(C)C(=O)Nc2cccc3ccccc23)nnc1-c1ccccc1. The molecule has 1 N–H and O–H groups in total. The largest absolute Gasteiger partial charge is 0.325 e. The van der Waals surface area contributed by atoms with E-state index >= 15 is 0 Å². The Kier molecular flexibility index (Phi) is 5.62. The lowest BCUT2D eigenvalue weighted by Gasteiger charge is -2.14. The Bertz CT molecular complexity index is 1130. The molecule has 4 aromatic rings. The van der Waals surface area contributed by atoms with E-state index in [4.69, 9.17) is 0 Å². The van der Waals surface area contributed by atoms with Gasteiger partial charge >= 0.3 is 0 Å². The number of nitrogens with one attached hydrogen (secondary N) is 1. The van der Waals surface area contributed by atoms with E-state index in [0.717, 1.165) is 39.5 Å². The van der Waals surface area contributed by atoms with Gasteiger partial charge in [0.15, 0.2) is 11.0 Å². The molecular formula is C23H22N4OS. The molecule has 0 saturated carbocycles. The monoisotopic (exact) mass is 402 g/mol. The Hall–Kier alpha value is -3.12. The Balaban J connectivity index is 1.53. The lowest BCUT2D eigenvalue weighted by Crippen LogP contribution is -2.23. The molecule has 4 rings (SSSR count). The summed E-state index contributed by atoms with van der Waals surface area (Å²) in [6.45, 7) is 4.68. The fraction of sp³-hybridized carbons (Fsp3) is 0.174. The molecule has 0 aliphatic rings. The molecular weight excluding hydrogens is 380 g/mol. The van der Waals surface area contributed by atoms with Crippen LogP contribution >= 0.6 is 11.8 Å². The van der Waals surface area contributed by atoms with E-state index in [9.17, 15) is 4.79 Å². The van der Waals surface area contributed by atoms with Crippen LogP contribution < -0.4 is 5.32 Å². The maximum absolute atomic E-state index is 12.8. The van der Waals surface area contributed by atoms with Crippen LogP contribution in [0, 0.1) is 0 Å². The molecule has 0 fully saturated rings. The first-order valence-corrected chi connectivity index (χ1v) is 10.5. The number of carbonyl (C=O) groups excluding carboxylic acids is 1. The van der Waals surface area contributed by atoms with Gasteiger partial charge in [0.2, 0.25) is 5.91 Å². The molecule has 1 atom stereocenters. The summed E-state index contributed by atoms with van der Waals surface area (Å²) < 4.78 is 2.04. The molecule has 0 saturated heterocycles. The lowest BCUT2D eigenvalue weighted by molar-refractivity contribution is -0.115. The lowest BCUT2D eigenvalue weighted by atomic mass is 10.1. The number of hydrogen-bond acceptors (Lipinski definition) is 4. The first-order chi connectivity index (χ1) is 14.2. The van der Waals surface area contributed by atoms with E-state index in [1.165, 1.54) is 11.8 Å². The summed E-state index contributed by atoms with van der Waals surface area (Å²) in [5.74, 6) is 0.760. The first-order valence-electron chi connectivity index (χ1n) is 9.61. The first kappa shape index (κ1) is 19.2. The van der Waals surface area contributed by atoms with Crippen molar-refractivity contribution in [3.8, 4) is 11.4 Å². The van der Waals surface area contributed by atoms with Crippen LogP contribution in [0.1, 0.15) is 13.8 Å². The van der Waals surface area contributed by atoms with Crippen molar-refractivity contribution in [2.45, 2.75) is 30.8 Å². The number of amides is 1. The van der Waals surface area contributed by atoms with E-state index in [-0.39, 0.29) is 11.2 Å². The second-order valence-corrected chi connectivity index (χ2v) is 8.00. The van der Waals surface area contributed by atoms with E-state index in [0.29, 0.717) is 0 Å². The quantitative estimate of drug-likeness (QED) is 0.448. The van der Waals surface area contributed by atoms with Gasteiger partial charge in [-0.05, 0) is 25.3 Å². The van der Waals surface area contributed by atoms with Gasteiger partial charge in [-0.25, -0.2) is 0 Å². The smallest absolute Gasteiger partial charge is 0.237 e. The van der Waals surface area contributed by atoms with Crippen LogP contribution in [0.3, 0.4) is 0 Å². The van der Waals surface area contributed by atoms with Gasteiger partial charge in [0.25, 0.3) is 0 Å². The Labute approximate surface area is 174 Å². The summed E-state index contributed by atoms with van der Waals surface area (Å²) in [5, 5.41) is 14.3. The number of rotatable bonds is 6. The van der Waals surface area contributed by atoms with E-state index in [2.05, 4.69) is 22.4 Å². The predicted octanol–water partition coefficient (Wildman–Crippen LogP) is 5.24. The van der Waals surface area contributed by atoms with Crippen LogP contribution in [-0.2, 0) is 11.3 Å². The minimum absolute atomic E-state index is 0.0572. The summed E-state index contributed by atoms with van der Waals surface area (Å²) in [7, 11) is 0. The minimum atomic E-state index is -0.313. The van der Waals surface area contributed by atoms with E-state index in [1.54, 1.807) is 0 Å². The van der Waals surface area contributed by atoms with Gasteiger partial charge in [-0.1, -0.05) is 78.5 Å². The summed E-state index contributed by atoms with van der Waals surface area (Å²) in [6.07, 6.45) is 0. The van der Waals surface area contributed by atoms with Crippen molar-refractivity contribution in [3.05, 3.63) is 72.8 Å². The van der Waals surface area contributed by atoms with Gasteiger partial charge in [0, 0.05) is 23.2 Å². The van der Waals surface area contributed by atoms with Crippen molar-refractivity contribution in [1.82, 2.24) is 14.8 Å². The Morgan fingerprint density at radius 2 is 1.72 bits per heavy atom. The van der Waals surface area contributed by atoms with Gasteiger partial charge in [0.1, 0.15) is 0 Å². The number of fused-ring (bicyclic) bond motifs is 1. The molecule has 6 heteroatoms. The standard InChI is InChI=1S/C23H22N4OS/c1-3-27-21(18-11-5-4-6-12-18)25-26-23(27)29-16(2)22(28)24-20-15-9-13-17-10-7-8-14-19(17)20/h4-16H,3H2,1-2H3,(H,24,28). The fourth-order valence-corrected chi connectivity index (χ4v) is 4.16. The van der Waals surface area contributed by atoms with Gasteiger partial charge < -0.3 is 9.88 Å². The third-order valence-corrected chi connectivity index (χ3v) is 5.84. The summed E-state index contributed by atoms with van der Waals surface area (Å²) >= 11 is 1.42. The highest BCUT2D eigenvalue weighted by atomic mass is 32.2. The van der Waals surface area contributed by atoms with Crippen molar-refractivity contribution < 1.29 is 4.79 Å². The van der Waals surface area contributed by atoms with Crippen LogP contribution in [0.15, 0.2) is 78.0 Å². The van der Waals surface area contributed by atoms with E-state index < -0.39 is 0 Å². The second kappa shape index (κ2) is 8.49. The normalized spacial score (nSPS) is 12.1. The van der Waals surface area contributed by atoms with Crippen molar-refractivity contribution in [1.29, 1.82) is 0 Å². The highest BCUT2D eigenvalue weighted by molar-refractivity contribution is 8.00. The number of hydrogen-bond donors (Lipinski definition) is 1. The molecule has 5 nitrogen and oxygen atoms in total. The number of carbonyl (C=O) groups is 1. The Morgan fingerprint density at radius 1 is 1.00 bits per heavy atom. The maximum Gasteiger partial charge on any atom is 0.237 e. The molecule has 1 unspecified atom stereocenters. The Morgan fingerprint density at radius 3 is 2.52 bits per heavy atom. The summed E-state index contributed by atoms with van der Waals surface area (Å²) in [5.41, 5.74) is 1.84. The molecule has 0 radical (unpaired) electrons. The molecule has 1 heterocycles. The number of nitrogens with zero attached hydrogens (tertiary/aromatic N) is 3. The zero-order chi connectivity index (χ0) is 20.2. The average molecular weight is 403 g/mol. The summed E-state index contributed by atoms with van der Waals surface area (Å²) in [6, 6.07) is 23.9. The second-order valence-electron chi connectivity index (χ2n) is 6.69. The summed E-state index contributed by atoms with van der Waals surface area (Å²) in [4.78, 5) is 12.8. The zero-order valence-corrected chi connectivity index (χ0v) is 17.2. The van der Waals surface area contributed by atoms with E-state index in [1.807, 2.05) is 84.3 Å². The van der Waals surface area contributed by atoms with Crippen LogP contribution in [0.4, 0.5) is 5.69 Å². The average Bonchev–Trinajstić information content (AvgIpc) is 3.17. The molecule has 3 aromatic carbocycles. The van der Waals surface area contributed by atoms with Crippen molar-refractivity contribution in [2.24, 2.45) is 0 Å². The molecule has 0 bridgehead atoms. The van der Waals surface area contributed by atoms with Crippen LogP contribution in [-0.4, -0.2) is 25.9 Å². The third-order valence-electron chi connectivity index (χ3n) is 4.76. The minimum Gasteiger partial charge on any atom is -0.325 e. The van der Waals surface area contributed by atoms with Gasteiger partial charge in [-0.2, -0.15) is 0 Å².